The summed E-state index contributed by atoms with van der Waals surface area (Å²) in [5.41, 5.74) is 2.84. The predicted molar refractivity (Wildman–Crippen MR) is 92.4 cm³/mol. The van der Waals surface area contributed by atoms with Gasteiger partial charge in [-0.2, -0.15) is 0 Å². The first-order valence-electron chi connectivity index (χ1n) is 7.86. The first-order chi connectivity index (χ1) is 11.6. The third kappa shape index (κ3) is 3.94. The predicted octanol–water partition coefficient (Wildman–Crippen LogP) is 3.45. The molecule has 2 aromatic rings. The molecule has 0 aliphatic carbocycles. The van der Waals surface area contributed by atoms with E-state index in [4.69, 9.17) is 0 Å². The molecule has 0 aromatic heterocycles. The molecule has 0 radical (unpaired) electrons. The monoisotopic (exact) mass is 322 g/mol. The van der Waals surface area contributed by atoms with Crippen LogP contribution in [0.1, 0.15) is 17.5 Å². The molecule has 5 nitrogen and oxygen atoms in total. The quantitative estimate of drug-likeness (QED) is 0.491. The molecule has 0 atom stereocenters. The van der Waals surface area contributed by atoms with E-state index >= 15 is 0 Å². The van der Waals surface area contributed by atoms with Crippen LogP contribution < -0.4 is 0 Å². The Hall–Kier alpha value is -2.79. The first kappa shape index (κ1) is 16.1. The van der Waals surface area contributed by atoms with Crippen molar-refractivity contribution in [3.63, 3.8) is 0 Å². The van der Waals surface area contributed by atoms with Gasteiger partial charge in [0.2, 0.25) is 0 Å². The second-order valence-electron chi connectivity index (χ2n) is 5.89. The molecular formula is C19H18N2O3. The van der Waals surface area contributed by atoms with Crippen LogP contribution in [0.5, 0.6) is 0 Å². The second-order valence-corrected chi connectivity index (χ2v) is 5.89. The van der Waals surface area contributed by atoms with Crippen LogP contribution in [0.3, 0.4) is 0 Å². The molecule has 5 heteroatoms. The third-order valence-corrected chi connectivity index (χ3v) is 4.10. The highest BCUT2D eigenvalue weighted by molar-refractivity contribution is 6.00. The third-order valence-electron chi connectivity index (χ3n) is 4.10. The topological polar surface area (TPSA) is 63.5 Å². The number of nitrogens with zero attached hydrogens (tertiary/aromatic N) is 2. The highest BCUT2D eigenvalue weighted by atomic mass is 16.6. The van der Waals surface area contributed by atoms with Gasteiger partial charge in [0.1, 0.15) is 0 Å². The number of carbonyl (C=O) groups is 1. The highest BCUT2D eigenvalue weighted by Gasteiger charge is 2.21. The minimum atomic E-state index is -0.426. The summed E-state index contributed by atoms with van der Waals surface area (Å²) in [6.07, 6.45) is 2.34. The summed E-state index contributed by atoms with van der Waals surface area (Å²) >= 11 is 0. The number of likely N-dealkylation sites (tertiary alicyclic amines) is 1. The van der Waals surface area contributed by atoms with Gasteiger partial charge in [-0.25, -0.2) is 0 Å². The van der Waals surface area contributed by atoms with E-state index in [0.29, 0.717) is 13.0 Å². The Morgan fingerprint density at radius 3 is 2.46 bits per heavy atom. The van der Waals surface area contributed by atoms with Crippen molar-refractivity contribution >= 4 is 17.5 Å². The molecule has 1 aliphatic rings. The van der Waals surface area contributed by atoms with Crippen molar-refractivity contribution in [1.82, 2.24) is 4.90 Å². The maximum absolute atomic E-state index is 12.2. The lowest BCUT2D eigenvalue weighted by Gasteiger charge is -2.27. The summed E-state index contributed by atoms with van der Waals surface area (Å²) in [5.74, 6) is 0.151. The van der Waals surface area contributed by atoms with Gasteiger partial charge in [-0.3, -0.25) is 19.8 Å². The largest absolute Gasteiger partial charge is 0.294 e. The van der Waals surface area contributed by atoms with Crippen molar-refractivity contribution in [1.29, 1.82) is 0 Å². The van der Waals surface area contributed by atoms with E-state index in [1.165, 1.54) is 17.7 Å². The van der Waals surface area contributed by atoms with Crippen LogP contribution in [0.15, 0.2) is 60.2 Å². The molecular weight excluding hydrogens is 304 g/mol. The fourth-order valence-corrected chi connectivity index (χ4v) is 2.82. The SMILES string of the molecule is O=C1CCN(Cc2ccccc2)C/C1=C\c1ccc([N+](=O)[O-])cc1. The number of carbonyl (C=O) groups excluding carboxylic acids is 1. The summed E-state index contributed by atoms with van der Waals surface area (Å²) < 4.78 is 0. The fraction of sp³-hybridized carbons (Fsp3) is 0.211. The van der Waals surface area contributed by atoms with Gasteiger partial charge in [-0.1, -0.05) is 30.3 Å². The van der Waals surface area contributed by atoms with Gasteiger partial charge in [0, 0.05) is 43.8 Å². The number of rotatable bonds is 4. The Morgan fingerprint density at radius 2 is 1.79 bits per heavy atom. The minimum absolute atomic E-state index is 0.0535. The average molecular weight is 322 g/mol. The fourth-order valence-electron chi connectivity index (χ4n) is 2.82. The van der Waals surface area contributed by atoms with E-state index < -0.39 is 4.92 Å². The molecule has 24 heavy (non-hydrogen) atoms. The number of hydrogen-bond acceptors (Lipinski definition) is 4. The van der Waals surface area contributed by atoms with Crippen molar-refractivity contribution in [2.24, 2.45) is 0 Å². The summed E-state index contributed by atoms with van der Waals surface area (Å²) in [7, 11) is 0. The average Bonchev–Trinajstić information content (AvgIpc) is 2.59. The van der Waals surface area contributed by atoms with Crippen LogP contribution in [0.4, 0.5) is 5.69 Å². The van der Waals surface area contributed by atoms with Crippen molar-refractivity contribution in [2.45, 2.75) is 13.0 Å². The Bertz CT molecular complexity index is 767. The molecule has 0 amide bonds. The summed E-state index contributed by atoms with van der Waals surface area (Å²) in [6.45, 7) is 2.17. The van der Waals surface area contributed by atoms with Gasteiger partial charge in [-0.15, -0.1) is 0 Å². The molecule has 3 rings (SSSR count). The zero-order chi connectivity index (χ0) is 16.9. The summed E-state index contributed by atoms with van der Waals surface area (Å²) in [5, 5.41) is 10.7. The van der Waals surface area contributed by atoms with E-state index in [-0.39, 0.29) is 11.5 Å². The Balaban J connectivity index is 1.73. The number of ketones is 1. The van der Waals surface area contributed by atoms with E-state index in [0.717, 1.165) is 24.2 Å². The molecule has 1 fully saturated rings. The van der Waals surface area contributed by atoms with Gasteiger partial charge in [0.25, 0.3) is 5.69 Å². The number of piperidine rings is 1. The van der Waals surface area contributed by atoms with Crippen LogP contribution in [0.2, 0.25) is 0 Å². The summed E-state index contributed by atoms with van der Waals surface area (Å²) in [6, 6.07) is 16.4. The van der Waals surface area contributed by atoms with Crippen molar-refractivity contribution in [3.8, 4) is 0 Å². The van der Waals surface area contributed by atoms with Gasteiger partial charge in [-0.05, 0) is 29.3 Å². The van der Waals surface area contributed by atoms with E-state index in [1.54, 1.807) is 12.1 Å². The molecule has 122 valence electrons. The van der Waals surface area contributed by atoms with Gasteiger partial charge >= 0.3 is 0 Å². The van der Waals surface area contributed by atoms with Crippen LogP contribution in [-0.4, -0.2) is 28.7 Å². The highest BCUT2D eigenvalue weighted by Crippen LogP contribution is 2.19. The molecule has 0 N–H and O–H groups in total. The Morgan fingerprint density at radius 1 is 1.08 bits per heavy atom. The molecule has 2 aromatic carbocycles. The number of non-ortho nitro benzene ring substituents is 1. The maximum atomic E-state index is 12.2. The standard InChI is InChI=1S/C19H18N2O3/c22-19-10-11-20(13-16-4-2-1-3-5-16)14-17(19)12-15-6-8-18(9-7-15)21(23)24/h1-9,12H,10-11,13-14H2/b17-12+. The van der Waals surface area contributed by atoms with Crippen molar-refractivity contribution in [2.75, 3.05) is 13.1 Å². The van der Waals surface area contributed by atoms with Gasteiger partial charge < -0.3 is 0 Å². The Kier molecular flexibility index (Phi) is 4.82. The zero-order valence-electron chi connectivity index (χ0n) is 13.2. The number of benzene rings is 2. The smallest absolute Gasteiger partial charge is 0.269 e. The van der Waals surface area contributed by atoms with Crippen LogP contribution >= 0.6 is 0 Å². The molecule has 0 bridgehead atoms. The molecule has 1 saturated heterocycles. The lowest BCUT2D eigenvalue weighted by Crippen LogP contribution is -2.35. The molecule has 0 spiro atoms. The second kappa shape index (κ2) is 7.19. The van der Waals surface area contributed by atoms with Crippen molar-refractivity contribution < 1.29 is 9.72 Å². The lowest BCUT2D eigenvalue weighted by atomic mass is 9.99. The zero-order valence-corrected chi connectivity index (χ0v) is 13.2. The van der Waals surface area contributed by atoms with Crippen LogP contribution in [0, 0.1) is 10.1 Å². The van der Waals surface area contributed by atoms with Gasteiger partial charge in [0.05, 0.1) is 4.92 Å². The number of nitro benzene ring substituents is 1. The molecule has 1 heterocycles. The van der Waals surface area contributed by atoms with E-state index in [9.17, 15) is 14.9 Å². The Labute approximate surface area is 140 Å². The summed E-state index contributed by atoms with van der Waals surface area (Å²) in [4.78, 5) is 24.7. The van der Waals surface area contributed by atoms with E-state index in [1.807, 2.05) is 24.3 Å². The minimum Gasteiger partial charge on any atom is -0.294 e. The maximum Gasteiger partial charge on any atom is 0.269 e. The van der Waals surface area contributed by atoms with Gasteiger partial charge in [0.15, 0.2) is 5.78 Å². The number of nitro groups is 1. The van der Waals surface area contributed by atoms with Crippen LogP contribution in [0.25, 0.3) is 6.08 Å². The normalized spacial score (nSPS) is 17.2. The van der Waals surface area contributed by atoms with Crippen LogP contribution in [-0.2, 0) is 11.3 Å². The molecule has 0 unspecified atom stereocenters. The molecule has 0 saturated carbocycles. The lowest BCUT2D eigenvalue weighted by molar-refractivity contribution is -0.384. The molecule has 1 aliphatic heterocycles. The first-order valence-corrected chi connectivity index (χ1v) is 7.86. The number of Topliss-reactive ketones (excluding diaryl/α,β-unsaturated/α-hetero) is 1. The number of hydrogen-bond donors (Lipinski definition) is 0. The van der Waals surface area contributed by atoms with E-state index in [2.05, 4.69) is 17.0 Å². The van der Waals surface area contributed by atoms with Crippen molar-refractivity contribution in [3.05, 3.63) is 81.4 Å².